The lowest BCUT2D eigenvalue weighted by atomic mass is 10.0. The molecule has 0 spiro atoms. The summed E-state index contributed by atoms with van der Waals surface area (Å²) in [5.74, 6) is 0.322. The molecular weight excluding hydrogens is 354 g/mol. The van der Waals surface area contributed by atoms with Crippen molar-refractivity contribution >= 4 is 22.2 Å². The summed E-state index contributed by atoms with van der Waals surface area (Å²) in [5, 5.41) is 5.07. The van der Waals surface area contributed by atoms with E-state index in [1.54, 1.807) is 11.3 Å². The lowest BCUT2D eigenvalue weighted by molar-refractivity contribution is -0.120. The maximum absolute atomic E-state index is 12.4. The van der Waals surface area contributed by atoms with Gasteiger partial charge in [0.1, 0.15) is 0 Å². The molecule has 2 heterocycles. The molecule has 1 amide bonds. The number of amides is 1. The van der Waals surface area contributed by atoms with Gasteiger partial charge in [0.2, 0.25) is 5.91 Å². The molecule has 2 aromatic carbocycles. The van der Waals surface area contributed by atoms with Crippen molar-refractivity contribution in [2.24, 2.45) is 0 Å². The second-order valence-electron chi connectivity index (χ2n) is 6.66. The van der Waals surface area contributed by atoms with Gasteiger partial charge in [0, 0.05) is 29.4 Å². The Morgan fingerprint density at radius 1 is 1.11 bits per heavy atom. The SMILES string of the molecule is C[C@H](CNC(=O)Cc1csc2nc(-c3ccccc3)cn12)c1ccccc1. The van der Waals surface area contributed by atoms with Crippen LogP contribution in [-0.4, -0.2) is 21.8 Å². The maximum atomic E-state index is 12.4. The zero-order valence-corrected chi connectivity index (χ0v) is 15.9. The maximum Gasteiger partial charge on any atom is 0.226 e. The van der Waals surface area contributed by atoms with E-state index in [0.717, 1.165) is 21.9 Å². The molecular formula is C22H21N3OS. The number of thiazole rings is 1. The van der Waals surface area contributed by atoms with E-state index in [0.29, 0.717) is 13.0 Å². The van der Waals surface area contributed by atoms with Gasteiger partial charge in [-0.25, -0.2) is 4.98 Å². The Morgan fingerprint density at radius 2 is 1.81 bits per heavy atom. The number of benzene rings is 2. The molecule has 2 aromatic heterocycles. The van der Waals surface area contributed by atoms with Gasteiger partial charge in [-0.1, -0.05) is 67.6 Å². The van der Waals surface area contributed by atoms with Crippen LogP contribution in [0.4, 0.5) is 0 Å². The van der Waals surface area contributed by atoms with Gasteiger partial charge in [0.15, 0.2) is 4.96 Å². The number of imidazole rings is 1. The minimum Gasteiger partial charge on any atom is -0.355 e. The molecule has 0 saturated carbocycles. The van der Waals surface area contributed by atoms with E-state index in [1.165, 1.54) is 5.56 Å². The second kappa shape index (κ2) is 7.76. The fraction of sp³-hybridized carbons (Fsp3) is 0.182. The number of nitrogens with zero attached hydrogens (tertiary/aromatic N) is 2. The summed E-state index contributed by atoms with van der Waals surface area (Å²) in [7, 11) is 0. The third-order valence-corrected chi connectivity index (χ3v) is 5.56. The predicted molar refractivity (Wildman–Crippen MR) is 110 cm³/mol. The van der Waals surface area contributed by atoms with Crippen molar-refractivity contribution in [3.63, 3.8) is 0 Å². The van der Waals surface area contributed by atoms with Crippen LogP contribution in [0.1, 0.15) is 24.1 Å². The molecule has 1 N–H and O–H groups in total. The molecule has 0 radical (unpaired) electrons. The van der Waals surface area contributed by atoms with Crippen LogP contribution in [0, 0.1) is 0 Å². The van der Waals surface area contributed by atoms with Gasteiger partial charge in [-0.15, -0.1) is 11.3 Å². The molecule has 4 nitrogen and oxygen atoms in total. The highest BCUT2D eigenvalue weighted by molar-refractivity contribution is 7.15. The van der Waals surface area contributed by atoms with E-state index < -0.39 is 0 Å². The van der Waals surface area contributed by atoms with Gasteiger partial charge < -0.3 is 5.32 Å². The monoisotopic (exact) mass is 375 g/mol. The zero-order chi connectivity index (χ0) is 18.6. The molecule has 1 atom stereocenters. The van der Waals surface area contributed by atoms with Crippen LogP contribution in [0.5, 0.6) is 0 Å². The predicted octanol–water partition coefficient (Wildman–Crippen LogP) is 4.53. The first-order valence-electron chi connectivity index (χ1n) is 9.03. The average molecular weight is 375 g/mol. The number of fused-ring (bicyclic) bond motifs is 1. The van der Waals surface area contributed by atoms with Crippen LogP contribution in [0.3, 0.4) is 0 Å². The summed E-state index contributed by atoms with van der Waals surface area (Å²) < 4.78 is 2.02. The van der Waals surface area contributed by atoms with Gasteiger partial charge in [-0.3, -0.25) is 9.20 Å². The van der Waals surface area contributed by atoms with E-state index in [4.69, 9.17) is 0 Å². The summed E-state index contributed by atoms with van der Waals surface area (Å²) in [6.07, 6.45) is 2.36. The van der Waals surface area contributed by atoms with Crippen LogP contribution in [0.25, 0.3) is 16.2 Å². The number of carbonyl (C=O) groups is 1. The Bertz CT molecular complexity index is 1040. The lowest BCUT2D eigenvalue weighted by Crippen LogP contribution is -2.29. The number of nitrogens with one attached hydrogen (secondary N) is 1. The molecule has 0 aliphatic heterocycles. The molecule has 5 heteroatoms. The van der Waals surface area contributed by atoms with Crippen LogP contribution < -0.4 is 5.32 Å². The number of hydrogen-bond acceptors (Lipinski definition) is 3. The van der Waals surface area contributed by atoms with Gasteiger partial charge in [0.25, 0.3) is 0 Å². The molecule has 136 valence electrons. The fourth-order valence-electron chi connectivity index (χ4n) is 3.10. The number of rotatable bonds is 6. The summed E-state index contributed by atoms with van der Waals surface area (Å²) in [4.78, 5) is 18.0. The molecule has 4 aromatic rings. The Kier molecular flexibility index (Phi) is 5.03. The van der Waals surface area contributed by atoms with Crippen LogP contribution in [0.2, 0.25) is 0 Å². The first-order valence-corrected chi connectivity index (χ1v) is 9.91. The molecule has 0 unspecified atom stereocenters. The van der Waals surface area contributed by atoms with Crippen molar-refractivity contribution in [1.82, 2.24) is 14.7 Å². The number of carbonyl (C=O) groups excluding carboxylic acids is 1. The molecule has 0 aliphatic carbocycles. The summed E-state index contributed by atoms with van der Waals surface area (Å²) in [6.45, 7) is 2.76. The van der Waals surface area contributed by atoms with Crippen molar-refractivity contribution in [3.05, 3.63) is 83.5 Å². The molecule has 0 fully saturated rings. The Hall–Kier alpha value is -2.92. The van der Waals surface area contributed by atoms with E-state index >= 15 is 0 Å². The molecule has 27 heavy (non-hydrogen) atoms. The molecule has 0 aliphatic rings. The highest BCUT2D eigenvalue weighted by Gasteiger charge is 2.13. The quantitative estimate of drug-likeness (QED) is 0.538. The minimum atomic E-state index is 0.0347. The van der Waals surface area contributed by atoms with Gasteiger partial charge in [-0.05, 0) is 11.5 Å². The highest BCUT2D eigenvalue weighted by atomic mass is 32.1. The van der Waals surface area contributed by atoms with Gasteiger partial charge in [-0.2, -0.15) is 0 Å². The molecule has 4 rings (SSSR count). The number of hydrogen-bond donors (Lipinski definition) is 1. The summed E-state index contributed by atoms with van der Waals surface area (Å²) in [6, 6.07) is 20.3. The van der Waals surface area contributed by atoms with E-state index in [9.17, 15) is 4.79 Å². The van der Waals surface area contributed by atoms with Crippen LogP contribution in [0.15, 0.2) is 72.2 Å². The van der Waals surface area contributed by atoms with Crippen molar-refractivity contribution in [2.75, 3.05) is 6.54 Å². The topological polar surface area (TPSA) is 46.4 Å². The Labute approximate surface area is 162 Å². The highest BCUT2D eigenvalue weighted by Crippen LogP contribution is 2.23. The first-order chi connectivity index (χ1) is 13.2. The van der Waals surface area contributed by atoms with E-state index in [2.05, 4.69) is 29.4 Å². The van der Waals surface area contributed by atoms with Crippen molar-refractivity contribution in [2.45, 2.75) is 19.3 Å². The van der Waals surface area contributed by atoms with Crippen LogP contribution >= 0.6 is 11.3 Å². The molecule has 0 saturated heterocycles. The normalized spacial score (nSPS) is 12.2. The smallest absolute Gasteiger partial charge is 0.226 e. The van der Waals surface area contributed by atoms with Gasteiger partial charge >= 0.3 is 0 Å². The Balaban J connectivity index is 1.42. The second-order valence-corrected chi connectivity index (χ2v) is 7.50. The van der Waals surface area contributed by atoms with Crippen molar-refractivity contribution in [1.29, 1.82) is 0 Å². The van der Waals surface area contributed by atoms with Gasteiger partial charge in [0.05, 0.1) is 12.1 Å². The van der Waals surface area contributed by atoms with Crippen molar-refractivity contribution in [3.8, 4) is 11.3 Å². The third-order valence-electron chi connectivity index (χ3n) is 4.67. The van der Waals surface area contributed by atoms with E-state index in [1.807, 2.05) is 64.5 Å². The first kappa shape index (κ1) is 17.5. The molecule has 0 bridgehead atoms. The Morgan fingerprint density at radius 3 is 2.56 bits per heavy atom. The van der Waals surface area contributed by atoms with E-state index in [-0.39, 0.29) is 11.8 Å². The minimum absolute atomic E-state index is 0.0347. The lowest BCUT2D eigenvalue weighted by Gasteiger charge is -2.12. The fourth-order valence-corrected chi connectivity index (χ4v) is 3.97. The third kappa shape index (κ3) is 3.93. The summed E-state index contributed by atoms with van der Waals surface area (Å²) in [5.41, 5.74) is 4.22. The van der Waals surface area contributed by atoms with Crippen molar-refractivity contribution < 1.29 is 4.79 Å². The summed E-state index contributed by atoms with van der Waals surface area (Å²) >= 11 is 1.56. The zero-order valence-electron chi connectivity index (χ0n) is 15.1. The largest absolute Gasteiger partial charge is 0.355 e. The average Bonchev–Trinajstić information content (AvgIpc) is 3.29. The number of aromatic nitrogens is 2. The van der Waals surface area contributed by atoms with Crippen LogP contribution in [-0.2, 0) is 11.2 Å². The standard InChI is InChI=1S/C22H21N3OS/c1-16(17-8-4-2-5-9-17)13-23-21(26)12-19-15-27-22-24-20(14-25(19)22)18-10-6-3-7-11-18/h2-11,14-16H,12-13H2,1H3,(H,23,26)/t16-/m1/s1.